The Morgan fingerprint density at radius 2 is 1.64 bits per heavy atom. The number of hydrogen-bond donors (Lipinski definition) is 2. The Morgan fingerprint density at radius 3 is 2.16 bits per heavy atom. The van der Waals surface area contributed by atoms with Crippen LogP contribution in [0, 0.1) is 0 Å². The van der Waals surface area contributed by atoms with Gasteiger partial charge in [-0.25, -0.2) is 4.98 Å². The number of nitrogen functional groups attached to an aromatic ring is 2. The Kier molecular flexibility index (Phi) is 6.49. The van der Waals surface area contributed by atoms with Crippen molar-refractivity contribution in [1.82, 2.24) is 9.97 Å². The van der Waals surface area contributed by atoms with E-state index in [1.807, 2.05) is 12.1 Å². The summed E-state index contributed by atoms with van der Waals surface area (Å²) in [5.74, 6) is 1.81. The van der Waals surface area contributed by atoms with Crippen LogP contribution in [0.5, 0.6) is 17.2 Å². The van der Waals surface area contributed by atoms with E-state index in [1.165, 1.54) is 0 Å². The normalized spacial score (nSPS) is 10.6. The van der Waals surface area contributed by atoms with E-state index in [1.54, 1.807) is 21.3 Å². The quantitative estimate of drug-likeness (QED) is 0.536. The summed E-state index contributed by atoms with van der Waals surface area (Å²) in [6.07, 6.45) is 0.385. The van der Waals surface area contributed by atoms with Gasteiger partial charge >= 0.3 is 0 Å². The number of aromatic nitrogens is 2. The Labute approximate surface area is 151 Å². The van der Waals surface area contributed by atoms with Gasteiger partial charge in [0.1, 0.15) is 17.6 Å². The molecular weight excluding hydrogens is 348 g/mol. The molecule has 0 saturated carbocycles. The molecule has 2 aromatic rings. The minimum atomic E-state index is 0.0308. The smallest absolute Gasteiger partial charge is 0.223 e. The Hall–Kier alpha value is -2.45. The van der Waals surface area contributed by atoms with Crippen molar-refractivity contribution in [3.05, 3.63) is 28.4 Å². The molecule has 8 nitrogen and oxygen atoms in total. The van der Waals surface area contributed by atoms with Crippen molar-refractivity contribution in [3.8, 4) is 17.2 Å². The molecule has 0 aliphatic rings. The minimum Gasteiger partial charge on any atom is -0.493 e. The summed E-state index contributed by atoms with van der Waals surface area (Å²) in [4.78, 5) is 7.88. The minimum absolute atomic E-state index is 0.0308. The van der Waals surface area contributed by atoms with Crippen LogP contribution in [0.3, 0.4) is 0 Å². The molecule has 4 N–H and O–H groups in total. The maximum atomic E-state index is 6.14. The topological polar surface area (TPSA) is 115 Å². The zero-order valence-electron chi connectivity index (χ0n) is 14.3. The molecule has 0 atom stereocenters. The summed E-state index contributed by atoms with van der Waals surface area (Å²) in [6.45, 7) is 0.816. The first-order valence-corrected chi connectivity index (χ1v) is 7.81. The Balaban J connectivity index is 2.36. The summed E-state index contributed by atoms with van der Waals surface area (Å²) < 4.78 is 21.5. The summed E-state index contributed by atoms with van der Waals surface area (Å²) in [5, 5.41) is 0.211. The molecule has 0 unspecified atom stereocenters. The summed E-state index contributed by atoms with van der Waals surface area (Å²) >= 11 is 6.14. The summed E-state index contributed by atoms with van der Waals surface area (Å²) in [5.41, 5.74) is 12.9. The summed E-state index contributed by atoms with van der Waals surface area (Å²) in [6, 6.07) is 3.63. The Bertz CT molecular complexity index is 694. The van der Waals surface area contributed by atoms with E-state index >= 15 is 0 Å². The second-order valence-corrected chi connectivity index (χ2v) is 5.44. The lowest BCUT2D eigenvalue weighted by atomic mass is 10.1. The predicted molar refractivity (Wildman–Crippen MR) is 95.6 cm³/mol. The molecule has 0 bridgehead atoms. The molecule has 136 valence electrons. The largest absolute Gasteiger partial charge is 0.493 e. The maximum Gasteiger partial charge on any atom is 0.223 e. The van der Waals surface area contributed by atoms with Crippen LogP contribution < -0.4 is 25.7 Å². The van der Waals surface area contributed by atoms with Gasteiger partial charge in [-0.1, -0.05) is 11.6 Å². The van der Waals surface area contributed by atoms with Crippen molar-refractivity contribution in [2.75, 3.05) is 46.0 Å². The lowest BCUT2D eigenvalue weighted by Crippen LogP contribution is -2.08. The number of halogens is 1. The Morgan fingerprint density at radius 1 is 1.00 bits per heavy atom. The van der Waals surface area contributed by atoms with Crippen molar-refractivity contribution in [1.29, 1.82) is 0 Å². The van der Waals surface area contributed by atoms with Crippen molar-refractivity contribution in [2.24, 2.45) is 0 Å². The van der Waals surface area contributed by atoms with Crippen LogP contribution in [0.2, 0.25) is 5.15 Å². The monoisotopic (exact) mass is 368 g/mol. The van der Waals surface area contributed by atoms with Crippen molar-refractivity contribution >= 4 is 23.4 Å². The highest BCUT2D eigenvalue weighted by atomic mass is 35.5. The molecule has 0 aliphatic carbocycles. The van der Waals surface area contributed by atoms with Gasteiger partial charge in [0.05, 0.1) is 20.8 Å². The zero-order chi connectivity index (χ0) is 18.4. The molecule has 9 heteroatoms. The molecule has 1 heterocycles. The van der Waals surface area contributed by atoms with Crippen molar-refractivity contribution in [2.45, 2.75) is 6.42 Å². The third kappa shape index (κ3) is 4.55. The number of ether oxygens (including phenoxy) is 4. The molecule has 0 aliphatic heterocycles. The highest BCUT2D eigenvalue weighted by molar-refractivity contribution is 6.30. The van der Waals surface area contributed by atoms with Gasteiger partial charge in [0.25, 0.3) is 0 Å². The van der Waals surface area contributed by atoms with E-state index in [9.17, 15) is 0 Å². The van der Waals surface area contributed by atoms with E-state index < -0.39 is 0 Å². The SMILES string of the molecule is COCCOc1c(OC)cc(Cc2c(N)nc(N)nc2Cl)cc1OC. The average molecular weight is 369 g/mol. The second kappa shape index (κ2) is 8.59. The fourth-order valence-electron chi connectivity index (χ4n) is 2.26. The van der Waals surface area contributed by atoms with Gasteiger partial charge in [0.2, 0.25) is 11.7 Å². The number of nitrogens with two attached hydrogens (primary N) is 2. The van der Waals surface area contributed by atoms with Gasteiger partial charge in [0.15, 0.2) is 11.5 Å². The molecule has 25 heavy (non-hydrogen) atoms. The molecule has 0 saturated heterocycles. The first kappa shape index (κ1) is 18.9. The number of hydrogen-bond acceptors (Lipinski definition) is 8. The second-order valence-electron chi connectivity index (χ2n) is 5.08. The van der Waals surface area contributed by atoms with Gasteiger partial charge in [0, 0.05) is 19.1 Å². The van der Waals surface area contributed by atoms with Crippen molar-refractivity contribution < 1.29 is 18.9 Å². The van der Waals surface area contributed by atoms with E-state index in [4.69, 9.17) is 42.0 Å². The fourth-order valence-corrected chi connectivity index (χ4v) is 2.51. The lowest BCUT2D eigenvalue weighted by Gasteiger charge is -2.16. The highest BCUT2D eigenvalue weighted by Crippen LogP contribution is 2.39. The van der Waals surface area contributed by atoms with Gasteiger partial charge in [-0.15, -0.1) is 0 Å². The number of benzene rings is 1. The van der Waals surface area contributed by atoms with Crippen LogP contribution in [-0.4, -0.2) is 44.5 Å². The lowest BCUT2D eigenvalue weighted by molar-refractivity contribution is 0.142. The van der Waals surface area contributed by atoms with Crippen LogP contribution in [0.1, 0.15) is 11.1 Å². The van der Waals surface area contributed by atoms with Gasteiger partial charge < -0.3 is 30.4 Å². The van der Waals surface area contributed by atoms with E-state index in [0.717, 1.165) is 5.56 Å². The molecule has 0 spiro atoms. The van der Waals surface area contributed by atoms with Crippen LogP contribution >= 0.6 is 11.6 Å². The van der Waals surface area contributed by atoms with Crippen LogP contribution in [0.4, 0.5) is 11.8 Å². The number of anilines is 2. The van der Waals surface area contributed by atoms with Crippen LogP contribution in [-0.2, 0) is 11.2 Å². The molecule has 0 amide bonds. The van der Waals surface area contributed by atoms with E-state index in [2.05, 4.69) is 9.97 Å². The molecular formula is C16H21ClN4O4. The van der Waals surface area contributed by atoms with Gasteiger partial charge in [-0.2, -0.15) is 4.98 Å². The molecule has 1 aromatic heterocycles. The van der Waals surface area contributed by atoms with Crippen LogP contribution in [0.15, 0.2) is 12.1 Å². The first-order valence-electron chi connectivity index (χ1n) is 7.44. The number of nitrogens with zero attached hydrogens (tertiary/aromatic N) is 2. The van der Waals surface area contributed by atoms with Crippen molar-refractivity contribution in [3.63, 3.8) is 0 Å². The van der Waals surface area contributed by atoms with Crippen LogP contribution in [0.25, 0.3) is 0 Å². The molecule has 1 aromatic carbocycles. The van der Waals surface area contributed by atoms with E-state index in [-0.39, 0.29) is 16.9 Å². The standard InChI is InChI=1S/C16H21ClN4O4/c1-22-4-5-25-13-11(23-2)7-9(8-12(13)24-3)6-10-14(17)20-16(19)21-15(10)18/h7-8H,4-6H2,1-3H3,(H4,18,19,20,21). The highest BCUT2D eigenvalue weighted by Gasteiger charge is 2.17. The summed E-state index contributed by atoms with van der Waals surface area (Å²) in [7, 11) is 4.70. The van der Waals surface area contributed by atoms with Gasteiger partial charge in [-0.05, 0) is 17.7 Å². The van der Waals surface area contributed by atoms with E-state index in [0.29, 0.717) is 42.4 Å². The molecule has 0 radical (unpaired) electrons. The molecule has 0 fully saturated rings. The third-order valence-corrected chi connectivity index (χ3v) is 3.75. The predicted octanol–water partition coefficient (Wildman–Crippen LogP) is 1.93. The number of methoxy groups -OCH3 is 3. The number of rotatable bonds is 8. The third-order valence-electron chi connectivity index (χ3n) is 3.44. The molecule has 2 rings (SSSR count). The maximum absolute atomic E-state index is 6.14. The fraction of sp³-hybridized carbons (Fsp3) is 0.375. The zero-order valence-corrected chi connectivity index (χ0v) is 15.1. The first-order chi connectivity index (χ1) is 12.0. The van der Waals surface area contributed by atoms with Gasteiger partial charge in [-0.3, -0.25) is 0 Å². The average Bonchev–Trinajstić information content (AvgIpc) is 2.58.